The number of pyridine rings is 1. The lowest BCUT2D eigenvalue weighted by molar-refractivity contribution is -0.129. The third-order valence-corrected chi connectivity index (χ3v) is 11.2. The summed E-state index contributed by atoms with van der Waals surface area (Å²) in [4.78, 5) is 52.3. The number of benzene rings is 2. The molecule has 5 rings (SSSR count). The van der Waals surface area contributed by atoms with Crippen molar-refractivity contribution in [3.05, 3.63) is 83.3 Å². The molecule has 0 radical (unpaired) electrons. The van der Waals surface area contributed by atoms with E-state index in [1.54, 1.807) is 43.8 Å². The number of imidazole rings is 1. The number of nitrogen functional groups attached to an aromatic ring is 1. The molecule has 1 aliphatic heterocycles. The van der Waals surface area contributed by atoms with Crippen molar-refractivity contribution in [1.29, 1.82) is 0 Å². The fraction of sp³-hybridized carbons (Fsp3) is 0.417. The maximum Gasteiger partial charge on any atom is 0.328 e. The van der Waals surface area contributed by atoms with E-state index in [2.05, 4.69) is 15.3 Å². The number of amides is 4. The highest BCUT2D eigenvalue weighted by Gasteiger charge is 2.45. The van der Waals surface area contributed by atoms with Crippen molar-refractivity contribution in [3.63, 3.8) is 0 Å². The minimum absolute atomic E-state index is 0.0738. The molecular formula is C36H45ClN8O6S. The molecule has 0 saturated carbocycles. The quantitative estimate of drug-likeness (QED) is 0.121. The summed E-state index contributed by atoms with van der Waals surface area (Å²) in [7, 11) is -2.40. The third-order valence-electron chi connectivity index (χ3n) is 8.99. The van der Waals surface area contributed by atoms with Crippen molar-refractivity contribution in [3.8, 4) is 0 Å². The third kappa shape index (κ3) is 8.38. The maximum atomic E-state index is 14.2. The largest absolute Gasteiger partial charge is 0.397 e. The summed E-state index contributed by atoms with van der Waals surface area (Å²) in [5.41, 5.74) is 8.04. The number of aromatic nitrogens is 3. The number of anilines is 1. The Kier molecular flexibility index (Phi) is 11.9. The van der Waals surface area contributed by atoms with Crippen LogP contribution in [0.5, 0.6) is 0 Å². The van der Waals surface area contributed by atoms with Crippen molar-refractivity contribution in [2.75, 3.05) is 25.4 Å². The van der Waals surface area contributed by atoms with Crippen LogP contribution in [0, 0.1) is 11.8 Å². The Balaban J connectivity index is 1.39. The number of nitrogens with zero attached hydrogens (tertiary/aromatic N) is 6. The van der Waals surface area contributed by atoms with Gasteiger partial charge in [0.2, 0.25) is 15.9 Å². The molecule has 16 heteroatoms. The van der Waals surface area contributed by atoms with Gasteiger partial charge in [-0.2, -0.15) is 4.31 Å². The Labute approximate surface area is 308 Å². The minimum Gasteiger partial charge on any atom is -0.397 e. The molecule has 278 valence electrons. The number of aryl methyl sites for hydroxylation is 1. The average molecular weight is 753 g/mol. The Bertz CT molecular complexity index is 2040. The van der Waals surface area contributed by atoms with Gasteiger partial charge in [0.15, 0.2) is 5.65 Å². The summed E-state index contributed by atoms with van der Waals surface area (Å²) in [6, 6.07) is 14.0. The molecule has 0 aliphatic carbocycles. The molecule has 4 aromatic rings. The Hall–Kier alpha value is -4.57. The van der Waals surface area contributed by atoms with E-state index in [9.17, 15) is 27.9 Å². The van der Waals surface area contributed by atoms with E-state index in [1.807, 2.05) is 44.2 Å². The number of hydrogen-bond acceptors (Lipinski definition) is 9. The van der Waals surface area contributed by atoms with Crippen LogP contribution in [0.1, 0.15) is 39.1 Å². The van der Waals surface area contributed by atoms with E-state index < -0.39 is 52.0 Å². The number of halogens is 1. The van der Waals surface area contributed by atoms with E-state index in [-0.39, 0.29) is 54.1 Å². The molecule has 1 aliphatic rings. The second kappa shape index (κ2) is 16.0. The van der Waals surface area contributed by atoms with Crippen LogP contribution >= 0.6 is 11.6 Å². The topological polar surface area (TPSA) is 184 Å². The molecule has 2 aromatic heterocycles. The van der Waals surface area contributed by atoms with Crippen molar-refractivity contribution in [1.82, 2.24) is 34.0 Å². The molecule has 1 fully saturated rings. The highest BCUT2D eigenvalue weighted by Crippen LogP contribution is 2.27. The van der Waals surface area contributed by atoms with Gasteiger partial charge in [-0.1, -0.05) is 69.6 Å². The predicted molar refractivity (Wildman–Crippen MR) is 197 cm³/mol. The summed E-state index contributed by atoms with van der Waals surface area (Å²) in [6.45, 7) is 6.52. The van der Waals surface area contributed by atoms with Gasteiger partial charge in [0.1, 0.15) is 23.9 Å². The van der Waals surface area contributed by atoms with Gasteiger partial charge in [-0.05, 0) is 54.2 Å². The Morgan fingerprint density at radius 3 is 2.40 bits per heavy atom. The summed E-state index contributed by atoms with van der Waals surface area (Å²) in [5, 5.41) is 14.9. The first-order valence-corrected chi connectivity index (χ1v) is 18.8. The van der Waals surface area contributed by atoms with Gasteiger partial charge in [0.25, 0.3) is 5.91 Å². The fourth-order valence-corrected chi connectivity index (χ4v) is 8.13. The maximum absolute atomic E-state index is 14.2. The number of rotatable bonds is 15. The van der Waals surface area contributed by atoms with Gasteiger partial charge >= 0.3 is 6.03 Å². The lowest BCUT2D eigenvalue weighted by Crippen LogP contribution is -2.57. The number of sulfonamides is 1. The van der Waals surface area contributed by atoms with Crippen LogP contribution in [0.25, 0.3) is 11.2 Å². The molecular weight excluding hydrogens is 708 g/mol. The second-order valence-corrected chi connectivity index (χ2v) is 16.1. The average Bonchev–Trinajstić information content (AvgIpc) is 3.55. The van der Waals surface area contributed by atoms with Crippen LogP contribution in [0.2, 0.25) is 5.02 Å². The highest BCUT2D eigenvalue weighted by molar-refractivity contribution is 7.89. The first-order chi connectivity index (χ1) is 24.6. The van der Waals surface area contributed by atoms with Crippen LogP contribution in [0.3, 0.4) is 0 Å². The molecule has 52 heavy (non-hydrogen) atoms. The zero-order chi connectivity index (χ0) is 37.9. The monoisotopic (exact) mass is 752 g/mol. The standard InChI is InChI=1S/C36H45ClN8O6S/c1-22(2)18-43(52(50,51)25-13-14-26(37)27(38)17-25)19-30(46)29(16-24-10-7-6-8-11-24)41-35(48)33(23(3)4)45-21-32(47)44(36(45)49)20-31-40-28-12-9-15-39-34(28)42(31)5/h6-15,17,22-23,29-30,33,46H,16,18-21,38H2,1-5H3,(H,41,48)/t29-,30-,33?/m0/s1. The molecule has 4 N–H and O–H groups in total. The molecule has 0 spiro atoms. The number of aliphatic hydroxyl groups excluding tert-OH is 1. The highest BCUT2D eigenvalue weighted by atomic mass is 35.5. The molecule has 1 unspecified atom stereocenters. The second-order valence-electron chi connectivity index (χ2n) is 13.8. The van der Waals surface area contributed by atoms with Gasteiger partial charge < -0.3 is 25.6 Å². The zero-order valence-corrected chi connectivity index (χ0v) is 31.4. The fourth-order valence-electron chi connectivity index (χ4n) is 6.36. The number of urea groups is 1. The molecule has 4 amide bonds. The summed E-state index contributed by atoms with van der Waals surface area (Å²) >= 11 is 6.06. The van der Waals surface area contributed by atoms with E-state index >= 15 is 0 Å². The molecule has 0 bridgehead atoms. The molecule has 3 atom stereocenters. The summed E-state index contributed by atoms with van der Waals surface area (Å²) < 4.78 is 30.6. The number of nitrogens with two attached hydrogens (primary N) is 1. The zero-order valence-electron chi connectivity index (χ0n) is 29.8. The van der Waals surface area contributed by atoms with Crippen LogP contribution in [0.15, 0.2) is 71.8 Å². The first kappa shape index (κ1) is 38.7. The number of nitrogens with one attached hydrogen (secondary N) is 1. The minimum atomic E-state index is -4.15. The van der Waals surface area contributed by atoms with Crippen LogP contribution in [-0.4, -0.2) is 97.8 Å². The summed E-state index contributed by atoms with van der Waals surface area (Å²) in [6.07, 6.45) is 0.405. The van der Waals surface area contributed by atoms with Gasteiger partial charge in [-0.3, -0.25) is 14.5 Å². The SMILES string of the molecule is CC(C)CN(C[C@H](O)[C@H](Cc1ccccc1)NC(=O)C(C(C)C)N1CC(=O)N(Cc2nc3cccnc3n2C)C1=O)S(=O)(=O)c1ccc(Cl)c(N)c1. The van der Waals surface area contributed by atoms with Crippen molar-refractivity contribution in [2.24, 2.45) is 18.9 Å². The molecule has 3 heterocycles. The van der Waals surface area contributed by atoms with Crippen molar-refractivity contribution in [2.45, 2.75) is 63.7 Å². The van der Waals surface area contributed by atoms with Gasteiger partial charge in [0, 0.05) is 26.3 Å². The number of carbonyl (C=O) groups excluding carboxylic acids is 3. The van der Waals surface area contributed by atoms with Crippen LogP contribution in [0.4, 0.5) is 10.5 Å². The lowest BCUT2D eigenvalue weighted by atomic mass is 9.97. The van der Waals surface area contributed by atoms with Gasteiger partial charge in [0.05, 0.1) is 34.3 Å². The summed E-state index contributed by atoms with van der Waals surface area (Å²) in [5.74, 6) is -1.16. The van der Waals surface area contributed by atoms with Crippen molar-refractivity contribution >= 4 is 56.3 Å². The normalized spacial score (nSPS) is 15.7. The van der Waals surface area contributed by atoms with Crippen LogP contribution in [-0.2, 0) is 39.6 Å². The van der Waals surface area contributed by atoms with Gasteiger partial charge in [-0.15, -0.1) is 0 Å². The van der Waals surface area contributed by atoms with Gasteiger partial charge in [-0.25, -0.2) is 23.2 Å². The lowest BCUT2D eigenvalue weighted by Gasteiger charge is -2.34. The van der Waals surface area contributed by atoms with Crippen molar-refractivity contribution < 1.29 is 27.9 Å². The van der Waals surface area contributed by atoms with Crippen LogP contribution < -0.4 is 11.1 Å². The number of imide groups is 1. The number of hydrogen-bond donors (Lipinski definition) is 3. The molecule has 14 nitrogen and oxygen atoms in total. The smallest absolute Gasteiger partial charge is 0.328 e. The number of aliphatic hydroxyl groups is 1. The van der Waals surface area contributed by atoms with E-state index in [4.69, 9.17) is 17.3 Å². The number of fused-ring (bicyclic) bond motifs is 1. The Morgan fingerprint density at radius 2 is 1.77 bits per heavy atom. The van der Waals surface area contributed by atoms with E-state index in [0.29, 0.717) is 17.0 Å². The van der Waals surface area contributed by atoms with E-state index in [1.165, 1.54) is 27.4 Å². The molecule has 1 saturated heterocycles. The van der Waals surface area contributed by atoms with E-state index in [0.717, 1.165) is 10.5 Å². The Morgan fingerprint density at radius 1 is 1.06 bits per heavy atom. The number of carbonyl (C=O) groups is 3. The molecule has 2 aromatic carbocycles. The predicted octanol–water partition coefficient (Wildman–Crippen LogP) is 3.43. The first-order valence-electron chi connectivity index (χ1n) is 17.0.